The smallest absolute Gasteiger partial charge is 0.315 e. The molecular weight excluding hydrogens is 486 g/mol. The zero-order chi connectivity index (χ0) is 38.1. The van der Waals surface area contributed by atoms with Crippen LogP contribution in [0.4, 0.5) is 4.79 Å². The number of ketones is 1. The molecule has 1 aliphatic heterocycles. The fraction of sp³-hybridized carbons (Fsp3) is 0.821. The molecule has 214 valence electrons. The van der Waals surface area contributed by atoms with Gasteiger partial charge in [0.2, 0.25) is 17.6 Å². The molecule has 0 aromatic rings. The summed E-state index contributed by atoms with van der Waals surface area (Å²) in [6.45, 7) is -2.39. The number of hydrogen-bond acceptors (Lipinski definition) is 5. The lowest BCUT2D eigenvalue weighted by atomic mass is 9.80. The van der Waals surface area contributed by atoms with Gasteiger partial charge in [-0.1, -0.05) is 53.9 Å². The highest BCUT2D eigenvalue weighted by molar-refractivity contribution is 6.37. The number of hydrogen-bond donors (Lipinski definition) is 4. The van der Waals surface area contributed by atoms with E-state index in [1.807, 2.05) is 13.8 Å². The van der Waals surface area contributed by atoms with Gasteiger partial charge in [0, 0.05) is 27.2 Å². The van der Waals surface area contributed by atoms with Gasteiger partial charge in [0.25, 0.3) is 5.91 Å². The minimum atomic E-state index is -3.75. The van der Waals surface area contributed by atoms with Gasteiger partial charge in [-0.25, -0.2) is 4.79 Å². The predicted molar refractivity (Wildman–Crippen MR) is 144 cm³/mol. The van der Waals surface area contributed by atoms with E-state index in [0.29, 0.717) is 19.3 Å². The van der Waals surface area contributed by atoms with E-state index >= 15 is 0 Å². The number of carbonyl (C=O) groups is 5. The predicted octanol–water partition coefficient (Wildman–Crippen LogP) is 2.10. The Morgan fingerprint density at radius 1 is 1.08 bits per heavy atom. The van der Waals surface area contributed by atoms with Crippen LogP contribution in [0.15, 0.2) is 0 Å². The van der Waals surface area contributed by atoms with E-state index in [-0.39, 0.29) is 18.9 Å². The average molecular weight is 545 g/mol. The molecule has 0 bridgehead atoms. The molecule has 5 atom stereocenters. The molecule has 10 heteroatoms. The Morgan fingerprint density at radius 2 is 1.71 bits per heavy atom. The number of nitrogens with two attached hydrogens (primary N) is 1. The molecule has 0 aromatic carbocycles. The molecule has 3 fully saturated rings. The van der Waals surface area contributed by atoms with E-state index in [9.17, 15) is 24.0 Å². The number of fused-ring (bicyclic) bond motifs is 1. The number of primary amides is 1. The van der Waals surface area contributed by atoms with Crippen LogP contribution in [0.2, 0.25) is 0 Å². The van der Waals surface area contributed by atoms with Gasteiger partial charge in [-0.15, -0.1) is 0 Å². The highest BCUT2D eigenvalue weighted by Crippen LogP contribution is 2.65. The zero-order valence-electron chi connectivity index (χ0n) is 33.6. The van der Waals surface area contributed by atoms with Crippen molar-refractivity contribution in [2.24, 2.45) is 34.3 Å². The third-order valence-electron chi connectivity index (χ3n) is 7.78. The maximum atomic E-state index is 14.3. The number of Topliss-reactive ketones (excluding diaryl/α,β-unsaturated/α-hetero) is 1. The second-order valence-electron chi connectivity index (χ2n) is 12.5. The molecule has 3 rings (SSSR count). The number of nitrogens with zero attached hydrogens (tertiary/aromatic N) is 1. The first-order valence-electron chi connectivity index (χ1n) is 18.4. The maximum absolute atomic E-state index is 14.3. The molecule has 10 nitrogen and oxygen atoms in total. The van der Waals surface area contributed by atoms with Gasteiger partial charge < -0.3 is 26.6 Å². The van der Waals surface area contributed by atoms with Crippen molar-refractivity contribution in [3.05, 3.63) is 0 Å². The third-order valence-corrected chi connectivity index (χ3v) is 7.78. The Kier molecular flexibility index (Phi) is 4.93. The Labute approximate surface area is 242 Å². The number of likely N-dealkylation sites (tertiary alicyclic amines) is 1. The molecule has 5 amide bonds. The van der Waals surface area contributed by atoms with Gasteiger partial charge in [0.15, 0.2) is 0 Å². The van der Waals surface area contributed by atoms with Crippen LogP contribution >= 0.6 is 0 Å². The Morgan fingerprint density at radius 3 is 2.21 bits per heavy atom. The molecule has 1 heterocycles. The van der Waals surface area contributed by atoms with E-state index in [2.05, 4.69) is 10.6 Å². The summed E-state index contributed by atoms with van der Waals surface area (Å²) in [5.41, 5.74) is 0.342. The minimum absolute atomic E-state index is 0.00618. The van der Waals surface area contributed by atoms with Crippen molar-refractivity contribution >= 4 is 29.5 Å². The van der Waals surface area contributed by atoms with Crippen molar-refractivity contribution in [1.82, 2.24) is 20.9 Å². The second-order valence-corrected chi connectivity index (χ2v) is 12.5. The topological polar surface area (TPSA) is 151 Å². The van der Waals surface area contributed by atoms with Crippen LogP contribution in [0, 0.1) is 28.6 Å². The Bertz CT molecular complexity index is 1320. The summed E-state index contributed by atoms with van der Waals surface area (Å²) in [6.07, 6.45) is -0.919. The van der Waals surface area contributed by atoms with Crippen molar-refractivity contribution in [1.29, 1.82) is 0 Å². The molecule has 2 saturated carbocycles. The number of rotatable bonds is 9. The van der Waals surface area contributed by atoms with Gasteiger partial charge in [0.05, 0.1) is 6.04 Å². The van der Waals surface area contributed by atoms with Gasteiger partial charge in [-0.05, 0) is 61.9 Å². The van der Waals surface area contributed by atoms with Gasteiger partial charge in [-0.3, -0.25) is 19.2 Å². The van der Waals surface area contributed by atoms with Crippen LogP contribution in [0.3, 0.4) is 0 Å². The Balaban J connectivity index is 1.99. The molecule has 0 radical (unpaired) electrons. The van der Waals surface area contributed by atoms with Crippen LogP contribution in [0.25, 0.3) is 0 Å². The summed E-state index contributed by atoms with van der Waals surface area (Å²) in [5, 5.41) is 6.29. The lowest BCUT2D eigenvalue weighted by molar-refractivity contribution is -0.144. The van der Waals surface area contributed by atoms with Crippen molar-refractivity contribution in [2.75, 3.05) is 6.54 Å². The molecule has 0 spiro atoms. The molecule has 0 aromatic heterocycles. The second kappa shape index (κ2) is 10.5. The van der Waals surface area contributed by atoms with Crippen LogP contribution < -0.4 is 21.7 Å². The quantitative estimate of drug-likeness (QED) is 0.328. The number of urea groups is 1. The zero-order valence-corrected chi connectivity index (χ0v) is 22.6. The maximum Gasteiger partial charge on any atom is 0.315 e. The minimum Gasteiger partial charge on any atom is -0.363 e. The molecule has 38 heavy (non-hydrogen) atoms. The molecule has 1 saturated heterocycles. The van der Waals surface area contributed by atoms with Gasteiger partial charge in [0.1, 0.15) is 12.1 Å². The molecule has 5 N–H and O–H groups in total. The fourth-order valence-electron chi connectivity index (χ4n) is 5.55. The van der Waals surface area contributed by atoms with Crippen molar-refractivity contribution < 1.29 is 39.1 Å². The molecule has 1 unspecified atom stereocenters. The third kappa shape index (κ3) is 6.86. The SMILES string of the molecule is [2H]C([2H])(C1CCC1)C(NC(=O)[C@@H]1[C@@H]2[C@H](CN1C(=O)[C@H](CC(C)(C)C)NC(=O)NC(C([2H])([2H])[2H])(C([2H])([2H])[2H])C([2H])([2H])[2H])C2(C)C)C(=O)C(N)=O. The highest BCUT2D eigenvalue weighted by atomic mass is 16.2. The number of amides is 5. The monoisotopic (exact) mass is 544 g/mol. The molecule has 3 aliphatic rings. The fourth-order valence-corrected chi connectivity index (χ4v) is 5.55. The summed E-state index contributed by atoms with van der Waals surface area (Å²) in [6, 6.07) is -6.30. The van der Waals surface area contributed by atoms with Gasteiger partial charge in [-0.2, -0.15) is 0 Å². The Hall–Kier alpha value is -2.65. The van der Waals surface area contributed by atoms with Crippen LogP contribution in [-0.2, 0) is 19.2 Å². The lowest BCUT2D eigenvalue weighted by Crippen LogP contribution is -2.60. The summed E-state index contributed by atoms with van der Waals surface area (Å²) >= 11 is 0. The summed E-state index contributed by atoms with van der Waals surface area (Å²) in [7, 11) is 0. The normalized spacial score (nSPS) is 31.6. The van der Waals surface area contributed by atoms with E-state index in [1.165, 1.54) is 0 Å². The molecular formula is C28H47N5O5. The summed E-state index contributed by atoms with van der Waals surface area (Å²) < 4.78 is 87.4. The van der Waals surface area contributed by atoms with E-state index in [4.69, 9.17) is 20.8 Å². The molecule has 2 aliphatic carbocycles. The standard InChI is InChI=1S/C28H47N5O5/c1-26(2,3)13-18(31-25(38)32-27(4,5)6)24(37)33-14-16-19(28(16,7)8)20(33)23(36)30-17(21(34)22(29)35)12-15-10-9-11-15/h15-20H,9-14H2,1-8H3,(H2,29,35)(H,30,36)(H2,31,32,38)/t16-,17?,18-,19-,20-/m0/s1/i4D3,5D3,6D3,12D2. The first-order chi connectivity index (χ1) is 21.8. The lowest BCUT2D eigenvalue weighted by Gasteiger charge is -2.36. The number of nitrogens with one attached hydrogen (secondary N) is 3. The van der Waals surface area contributed by atoms with Crippen LogP contribution in [-0.4, -0.2) is 64.6 Å². The van der Waals surface area contributed by atoms with Crippen molar-refractivity contribution in [3.63, 3.8) is 0 Å². The van der Waals surface area contributed by atoms with Crippen molar-refractivity contribution in [2.45, 2.75) is 111 Å². The first-order valence-corrected chi connectivity index (χ1v) is 12.9. The van der Waals surface area contributed by atoms with Gasteiger partial charge >= 0.3 is 6.03 Å². The van der Waals surface area contributed by atoms with Crippen LogP contribution in [0.5, 0.6) is 0 Å². The van der Waals surface area contributed by atoms with Crippen LogP contribution in [0.1, 0.15) is 102 Å². The first kappa shape index (κ1) is 17.8. The van der Waals surface area contributed by atoms with E-state index in [1.54, 1.807) is 26.1 Å². The van der Waals surface area contributed by atoms with Crippen molar-refractivity contribution in [3.8, 4) is 0 Å². The summed E-state index contributed by atoms with van der Waals surface area (Å²) in [4.78, 5) is 67.5. The number of piperidine rings is 1. The van der Waals surface area contributed by atoms with E-state index in [0.717, 1.165) is 4.90 Å². The summed E-state index contributed by atoms with van der Waals surface area (Å²) in [5.74, 6) is -5.85. The average Bonchev–Trinajstić information content (AvgIpc) is 3.17. The van der Waals surface area contributed by atoms with E-state index < -0.39 is 103 Å². The highest BCUT2D eigenvalue weighted by Gasteiger charge is 2.69. The number of carbonyl (C=O) groups excluding carboxylic acids is 5. The largest absolute Gasteiger partial charge is 0.363 e.